The Morgan fingerprint density at radius 1 is 1.22 bits per heavy atom. The summed E-state index contributed by atoms with van der Waals surface area (Å²) in [5, 5.41) is 6.75. The quantitative estimate of drug-likeness (QED) is 0.261. The van der Waals surface area contributed by atoms with Crippen molar-refractivity contribution in [1.29, 1.82) is 0 Å². The molecule has 0 radical (unpaired) electrons. The molecule has 1 aliphatic rings. The molecular weight excluding hydrogens is 479 g/mol. The molecule has 1 fully saturated rings. The Morgan fingerprint density at radius 2 is 1.81 bits per heavy atom. The Hall–Kier alpha value is -0.130. The van der Waals surface area contributed by atoms with E-state index in [0.717, 1.165) is 51.6 Å². The van der Waals surface area contributed by atoms with Crippen molar-refractivity contribution in [3.8, 4) is 0 Å². The summed E-state index contributed by atoms with van der Waals surface area (Å²) in [7, 11) is -1.19. The van der Waals surface area contributed by atoms with Gasteiger partial charge in [0.1, 0.15) is 9.84 Å². The van der Waals surface area contributed by atoms with E-state index in [1.165, 1.54) is 6.26 Å². The van der Waals surface area contributed by atoms with Crippen LogP contribution in [0, 0.1) is 5.92 Å². The molecule has 0 aliphatic carbocycles. The van der Waals surface area contributed by atoms with Gasteiger partial charge in [-0.2, -0.15) is 0 Å². The molecule has 1 saturated heterocycles. The normalized spacial score (nSPS) is 18.7. The van der Waals surface area contributed by atoms with Crippen LogP contribution in [0.2, 0.25) is 0 Å². The molecule has 27 heavy (non-hydrogen) atoms. The van der Waals surface area contributed by atoms with E-state index in [1.54, 1.807) is 7.05 Å². The van der Waals surface area contributed by atoms with Crippen LogP contribution in [-0.4, -0.2) is 83.3 Å². The zero-order valence-corrected chi connectivity index (χ0v) is 20.7. The van der Waals surface area contributed by atoms with Gasteiger partial charge in [0.2, 0.25) is 0 Å². The molecule has 1 heterocycles. The van der Waals surface area contributed by atoms with Crippen LogP contribution in [0.4, 0.5) is 0 Å². The predicted molar refractivity (Wildman–Crippen MR) is 124 cm³/mol. The molecule has 0 aromatic rings. The number of hydrogen-bond acceptors (Lipinski definition) is 5. The molecule has 0 saturated carbocycles. The molecule has 7 nitrogen and oxygen atoms in total. The summed E-state index contributed by atoms with van der Waals surface area (Å²) in [6, 6.07) is 0.490. The number of morpholine rings is 1. The molecule has 2 N–H and O–H groups in total. The highest BCUT2D eigenvalue weighted by molar-refractivity contribution is 14.0. The number of guanidine groups is 1. The maximum Gasteiger partial charge on any atom is 0.191 e. The lowest BCUT2D eigenvalue weighted by Gasteiger charge is -2.39. The zero-order valence-electron chi connectivity index (χ0n) is 17.5. The van der Waals surface area contributed by atoms with Crippen LogP contribution in [0.3, 0.4) is 0 Å². The Kier molecular flexibility index (Phi) is 13.9. The maximum absolute atomic E-state index is 11.3. The van der Waals surface area contributed by atoms with Crippen LogP contribution in [0.25, 0.3) is 0 Å². The summed E-state index contributed by atoms with van der Waals surface area (Å²) in [4.78, 5) is 6.82. The van der Waals surface area contributed by atoms with Gasteiger partial charge in [0, 0.05) is 45.0 Å². The average Bonchev–Trinajstić information content (AvgIpc) is 2.62. The molecule has 0 spiro atoms. The van der Waals surface area contributed by atoms with Crippen molar-refractivity contribution in [3.05, 3.63) is 0 Å². The molecule has 162 valence electrons. The second kappa shape index (κ2) is 13.9. The Bertz CT molecular complexity index is 521. The minimum atomic E-state index is -2.94. The standard InChI is InChI=1S/C18H38N4O3S.HI/c1-6-16(7-2)17(22-9-11-25-12-10-22)14-20-18(19-4)21-15(3)8-13-26(5,23)24;/h15-17H,6-14H2,1-5H3,(H2,19,20,21);1H. The van der Waals surface area contributed by atoms with Gasteiger partial charge in [-0.05, 0) is 19.3 Å². The van der Waals surface area contributed by atoms with Crippen molar-refractivity contribution in [3.63, 3.8) is 0 Å². The predicted octanol–water partition coefficient (Wildman–Crippen LogP) is 1.73. The van der Waals surface area contributed by atoms with Crippen LogP contribution >= 0.6 is 24.0 Å². The van der Waals surface area contributed by atoms with Gasteiger partial charge < -0.3 is 15.4 Å². The van der Waals surface area contributed by atoms with Gasteiger partial charge in [0.15, 0.2) is 5.96 Å². The summed E-state index contributed by atoms with van der Waals surface area (Å²) < 4.78 is 28.2. The van der Waals surface area contributed by atoms with Gasteiger partial charge in [-0.3, -0.25) is 9.89 Å². The zero-order chi connectivity index (χ0) is 19.6. The highest BCUT2D eigenvalue weighted by Gasteiger charge is 2.27. The number of aliphatic imine (C=N–C) groups is 1. The minimum absolute atomic E-state index is 0. The van der Waals surface area contributed by atoms with Crippen molar-refractivity contribution < 1.29 is 13.2 Å². The molecule has 0 aromatic carbocycles. The third-order valence-corrected chi connectivity index (χ3v) is 6.09. The van der Waals surface area contributed by atoms with E-state index in [0.29, 0.717) is 18.4 Å². The number of halogens is 1. The summed E-state index contributed by atoms with van der Waals surface area (Å²) in [6.07, 6.45) is 4.14. The van der Waals surface area contributed by atoms with Gasteiger partial charge in [-0.15, -0.1) is 24.0 Å². The molecule has 0 bridgehead atoms. The smallest absolute Gasteiger partial charge is 0.191 e. The molecule has 0 amide bonds. The van der Waals surface area contributed by atoms with Crippen LogP contribution < -0.4 is 10.6 Å². The molecule has 2 atom stereocenters. The number of hydrogen-bond donors (Lipinski definition) is 2. The maximum atomic E-state index is 11.3. The third kappa shape index (κ3) is 10.8. The molecule has 9 heteroatoms. The highest BCUT2D eigenvalue weighted by atomic mass is 127. The molecule has 2 unspecified atom stereocenters. The first-order chi connectivity index (χ1) is 12.3. The number of rotatable bonds is 10. The summed E-state index contributed by atoms with van der Waals surface area (Å²) in [5.41, 5.74) is 0. The fourth-order valence-corrected chi connectivity index (χ4v) is 4.21. The van der Waals surface area contributed by atoms with Crippen molar-refractivity contribution in [1.82, 2.24) is 15.5 Å². The van der Waals surface area contributed by atoms with E-state index in [1.807, 2.05) is 6.92 Å². The molecule has 1 aliphatic heterocycles. The second-order valence-electron chi connectivity index (χ2n) is 7.21. The van der Waals surface area contributed by atoms with Crippen molar-refractivity contribution in [2.75, 3.05) is 51.9 Å². The van der Waals surface area contributed by atoms with E-state index < -0.39 is 9.84 Å². The number of nitrogens with one attached hydrogen (secondary N) is 2. The van der Waals surface area contributed by atoms with Crippen LogP contribution in [0.15, 0.2) is 4.99 Å². The average molecular weight is 519 g/mol. The SMILES string of the molecule is CCC(CC)C(CNC(=NC)NC(C)CCS(C)(=O)=O)N1CCOCC1.I. The van der Waals surface area contributed by atoms with Gasteiger partial charge in [0.25, 0.3) is 0 Å². The summed E-state index contributed by atoms with van der Waals surface area (Å²) in [5.74, 6) is 1.54. The molecular formula is C18H39IN4O3S. The fourth-order valence-electron chi connectivity index (χ4n) is 3.43. The van der Waals surface area contributed by atoms with E-state index in [-0.39, 0.29) is 35.8 Å². The van der Waals surface area contributed by atoms with Crippen LogP contribution in [0.5, 0.6) is 0 Å². The Balaban J connectivity index is 0.00000676. The van der Waals surface area contributed by atoms with Gasteiger partial charge in [0.05, 0.1) is 19.0 Å². The number of sulfone groups is 1. The molecule has 1 rings (SSSR count). The van der Waals surface area contributed by atoms with E-state index in [2.05, 4.69) is 34.4 Å². The monoisotopic (exact) mass is 518 g/mol. The number of nitrogens with zero attached hydrogens (tertiary/aromatic N) is 2. The van der Waals surface area contributed by atoms with E-state index in [4.69, 9.17) is 4.74 Å². The van der Waals surface area contributed by atoms with Gasteiger partial charge in [-0.1, -0.05) is 26.7 Å². The Morgan fingerprint density at radius 3 is 2.30 bits per heavy atom. The largest absolute Gasteiger partial charge is 0.379 e. The first-order valence-electron chi connectivity index (χ1n) is 9.77. The first kappa shape index (κ1) is 26.9. The molecule has 0 aromatic heterocycles. The van der Waals surface area contributed by atoms with Crippen LogP contribution in [-0.2, 0) is 14.6 Å². The summed E-state index contributed by atoms with van der Waals surface area (Å²) in [6.45, 7) is 10.9. The van der Waals surface area contributed by atoms with Crippen molar-refractivity contribution in [2.45, 2.75) is 52.1 Å². The Labute approximate surface area is 183 Å². The first-order valence-corrected chi connectivity index (χ1v) is 11.8. The highest BCUT2D eigenvalue weighted by Crippen LogP contribution is 2.19. The minimum Gasteiger partial charge on any atom is -0.379 e. The lowest BCUT2D eigenvalue weighted by atomic mass is 9.92. The van der Waals surface area contributed by atoms with Gasteiger partial charge in [-0.25, -0.2) is 8.42 Å². The number of ether oxygens (including phenoxy) is 1. The lowest BCUT2D eigenvalue weighted by molar-refractivity contribution is 0.00271. The third-order valence-electron chi connectivity index (χ3n) is 5.11. The van der Waals surface area contributed by atoms with E-state index >= 15 is 0 Å². The fraction of sp³-hybridized carbons (Fsp3) is 0.944. The van der Waals surface area contributed by atoms with Gasteiger partial charge >= 0.3 is 0 Å². The summed E-state index contributed by atoms with van der Waals surface area (Å²) >= 11 is 0. The second-order valence-corrected chi connectivity index (χ2v) is 9.47. The van der Waals surface area contributed by atoms with Crippen molar-refractivity contribution >= 4 is 39.8 Å². The topological polar surface area (TPSA) is 83.0 Å². The lowest BCUT2D eigenvalue weighted by Crippen LogP contribution is -2.54. The van der Waals surface area contributed by atoms with Crippen molar-refractivity contribution in [2.24, 2.45) is 10.9 Å². The van der Waals surface area contributed by atoms with E-state index in [9.17, 15) is 8.42 Å². The van der Waals surface area contributed by atoms with Crippen LogP contribution in [0.1, 0.15) is 40.0 Å².